The van der Waals surface area contributed by atoms with Gasteiger partial charge in [-0.3, -0.25) is 4.90 Å². The van der Waals surface area contributed by atoms with Crippen molar-refractivity contribution < 1.29 is 5.11 Å². The van der Waals surface area contributed by atoms with E-state index in [0.717, 1.165) is 37.6 Å². The van der Waals surface area contributed by atoms with Crippen LogP contribution in [0.5, 0.6) is 0 Å². The number of aliphatic hydroxyl groups is 1. The number of aliphatic hydroxyl groups excluding tert-OH is 1. The van der Waals surface area contributed by atoms with E-state index in [9.17, 15) is 5.11 Å². The van der Waals surface area contributed by atoms with Gasteiger partial charge in [-0.2, -0.15) is 0 Å². The molecule has 0 amide bonds. The molecule has 0 aromatic carbocycles. The molecule has 2 unspecified atom stereocenters. The Morgan fingerprint density at radius 2 is 2.26 bits per heavy atom. The summed E-state index contributed by atoms with van der Waals surface area (Å²) >= 11 is 0. The largest absolute Gasteiger partial charge is 0.392 e. The van der Waals surface area contributed by atoms with Gasteiger partial charge < -0.3 is 15.3 Å². The Balaban J connectivity index is 2.03. The number of β-amino-alcohol motifs (C(OH)–C–C–N with tert-alkyl or cyclic N) is 1. The van der Waals surface area contributed by atoms with Crippen LogP contribution in [0.25, 0.3) is 0 Å². The predicted octanol–water partition coefficient (Wildman–Crippen LogP) is 0.620. The number of likely N-dealkylation sites (N-methyl/N-ethyl adjacent to an activating group) is 1. The maximum absolute atomic E-state index is 9.87. The minimum atomic E-state index is -0.211. The van der Waals surface area contributed by atoms with Crippen molar-refractivity contribution in [1.29, 1.82) is 0 Å². The van der Waals surface area contributed by atoms with Gasteiger partial charge in [-0.05, 0) is 32.6 Å². The Hall–Kier alpha value is -1.17. The van der Waals surface area contributed by atoms with Gasteiger partial charge in [0.15, 0.2) is 0 Å². The van der Waals surface area contributed by atoms with Crippen LogP contribution in [0.15, 0.2) is 18.2 Å². The molecule has 1 aromatic heterocycles. The van der Waals surface area contributed by atoms with Crippen molar-refractivity contribution in [3.63, 3.8) is 0 Å². The lowest BCUT2D eigenvalue weighted by Gasteiger charge is -2.26. The number of nitrogens with one attached hydrogen (secondary N) is 1. The fourth-order valence-corrected chi connectivity index (χ4v) is 2.68. The minimum absolute atomic E-state index is 0.211. The van der Waals surface area contributed by atoms with Crippen LogP contribution in [0.2, 0.25) is 0 Å². The number of aromatic nitrogens is 1. The normalized spacial score (nSPS) is 24.1. The van der Waals surface area contributed by atoms with Crippen molar-refractivity contribution >= 4 is 5.82 Å². The first kappa shape index (κ1) is 14.2. The van der Waals surface area contributed by atoms with Crippen LogP contribution in [0, 0.1) is 0 Å². The van der Waals surface area contributed by atoms with Crippen molar-refractivity contribution in [2.24, 2.45) is 0 Å². The third-order valence-corrected chi connectivity index (χ3v) is 3.51. The molecule has 0 spiro atoms. The number of likely N-dealkylation sites (tertiary alicyclic amines) is 1. The fraction of sp³-hybridized carbons (Fsp3) is 0.643. The Bertz CT molecular complexity index is 410. The molecule has 1 saturated heterocycles. The minimum Gasteiger partial charge on any atom is -0.392 e. The molecule has 0 saturated carbocycles. The van der Waals surface area contributed by atoms with Crippen LogP contribution in [-0.2, 0) is 6.54 Å². The zero-order valence-corrected chi connectivity index (χ0v) is 12.0. The Morgan fingerprint density at radius 1 is 1.47 bits per heavy atom. The number of pyridine rings is 1. The smallest absolute Gasteiger partial charge is 0.126 e. The lowest BCUT2D eigenvalue weighted by Crippen LogP contribution is -2.37. The van der Waals surface area contributed by atoms with E-state index in [1.807, 2.05) is 25.2 Å². The van der Waals surface area contributed by atoms with Gasteiger partial charge in [-0.1, -0.05) is 6.07 Å². The molecular weight excluding hydrogens is 240 g/mol. The van der Waals surface area contributed by atoms with Crippen LogP contribution in [0.4, 0.5) is 5.82 Å². The average Bonchev–Trinajstić information content (AvgIpc) is 2.69. The van der Waals surface area contributed by atoms with Gasteiger partial charge in [0.1, 0.15) is 5.82 Å². The molecular formula is C14H24N4O. The van der Waals surface area contributed by atoms with Gasteiger partial charge in [0.2, 0.25) is 0 Å². The molecule has 2 atom stereocenters. The summed E-state index contributed by atoms with van der Waals surface area (Å²) in [6.45, 7) is 2.51. The van der Waals surface area contributed by atoms with Gasteiger partial charge >= 0.3 is 0 Å². The molecule has 0 radical (unpaired) electrons. The van der Waals surface area contributed by atoms with E-state index in [2.05, 4.69) is 34.2 Å². The van der Waals surface area contributed by atoms with E-state index in [0.29, 0.717) is 6.04 Å². The lowest BCUT2D eigenvalue weighted by molar-refractivity contribution is 0.168. The highest BCUT2D eigenvalue weighted by Gasteiger charge is 2.31. The number of rotatable bonds is 5. The van der Waals surface area contributed by atoms with Gasteiger partial charge in [0, 0.05) is 32.7 Å². The topological polar surface area (TPSA) is 51.6 Å². The van der Waals surface area contributed by atoms with Gasteiger partial charge in [0.05, 0.1) is 11.8 Å². The first-order valence-corrected chi connectivity index (χ1v) is 6.79. The fourth-order valence-electron chi connectivity index (χ4n) is 2.68. The van der Waals surface area contributed by atoms with Crippen LogP contribution in [0.3, 0.4) is 0 Å². The average molecular weight is 264 g/mol. The molecule has 106 valence electrons. The molecule has 1 aliphatic heterocycles. The third kappa shape index (κ3) is 3.89. The predicted molar refractivity (Wildman–Crippen MR) is 77.2 cm³/mol. The van der Waals surface area contributed by atoms with E-state index in [1.165, 1.54) is 0 Å². The zero-order chi connectivity index (χ0) is 13.8. The van der Waals surface area contributed by atoms with Gasteiger partial charge in [-0.15, -0.1) is 0 Å². The SMILES string of the molecule is CNc1cccc(CN2CC(O)CC2CN(C)C)n1. The Morgan fingerprint density at radius 3 is 2.95 bits per heavy atom. The quantitative estimate of drug-likeness (QED) is 0.816. The Labute approximate surface area is 115 Å². The van der Waals surface area contributed by atoms with Crippen LogP contribution in [-0.4, -0.2) is 66.3 Å². The summed E-state index contributed by atoms with van der Waals surface area (Å²) < 4.78 is 0. The molecule has 1 aromatic rings. The van der Waals surface area contributed by atoms with Crippen molar-refractivity contribution in [1.82, 2.24) is 14.8 Å². The first-order chi connectivity index (χ1) is 9.08. The van der Waals surface area contributed by atoms with Crippen molar-refractivity contribution in [2.75, 3.05) is 39.5 Å². The van der Waals surface area contributed by atoms with Crippen LogP contribution < -0.4 is 5.32 Å². The van der Waals surface area contributed by atoms with E-state index in [1.54, 1.807) is 0 Å². The first-order valence-electron chi connectivity index (χ1n) is 6.79. The molecule has 1 fully saturated rings. The molecule has 0 bridgehead atoms. The molecule has 2 rings (SSSR count). The molecule has 19 heavy (non-hydrogen) atoms. The highest BCUT2D eigenvalue weighted by atomic mass is 16.3. The number of nitrogens with zero attached hydrogens (tertiary/aromatic N) is 3. The summed E-state index contributed by atoms with van der Waals surface area (Å²) in [4.78, 5) is 9.04. The van der Waals surface area contributed by atoms with Crippen LogP contribution >= 0.6 is 0 Å². The molecule has 2 N–H and O–H groups in total. The number of anilines is 1. The van der Waals surface area contributed by atoms with E-state index in [-0.39, 0.29) is 6.10 Å². The maximum Gasteiger partial charge on any atom is 0.126 e. The van der Waals surface area contributed by atoms with Crippen LogP contribution in [0.1, 0.15) is 12.1 Å². The second-order valence-corrected chi connectivity index (χ2v) is 5.50. The van der Waals surface area contributed by atoms with E-state index < -0.39 is 0 Å². The summed E-state index contributed by atoms with van der Waals surface area (Å²) in [5.74, 6) is 0.890. The second-order valence-electron chi connectivity index (χ2n) is 5.50. The van der Waals surface area contributed by atoms with E-state index in [4.69, 9.17) is 0 Å². The molecule has 0 aliphatic carbocycles. The monoisotopic (exact) mass is 264 g/mol. The summed E-state index contributed by atoms with van der Waals surface area (Å²) in [6, 6.07) is 6.42. The van der Waals surface area contributed by atoms with Crippen molar-refractivity contribution in [3.8, 4) is 0 Å². The number of hydrogen-bond acceptors (Lipinski definition) is 5. The summed E-state index contributed by atoms with van der Waals surface area (Å²) in [5.41, 5.74) is 1.05. The second kappa shape index (κ2) is 6.32. The zero-order valence-electron chi connectivity index (χ0n) is 12.0. The summed E-state index contributed by atoms with van der Waals surface area (Å²) in [7, 11) is 6.02. The number of hydrogen-bond donors (Lipinski definition) is 2. The Kier molecular flexibility index (Phi) is 4.74. The summed E-state index contributed by atoms with van der Waals surface area (Å²) in [5, 5.41) is 12.9. The molecule has 1 aliphatic rings. The lowest BCUT2D eigenvalue weighted by atomic mass is 10.2. The van der Waals surface area contributed by atoms with E-state index >= 15 is 0 Å². The third-order valence-electron chi connectivity index (χ3n) is 3.51. The van der Waals surface area contributed by atoms with Gasteiger partial charge in [-0.25, -0.2) is 4.98 Å². The van der Waals surface area contributed by atoms with Crippen molar-refractivity contribution in [2.45, 2.75) is 25.1 Å². The highest BCUT2D eigenvalue weighted by Crippen LogP contribution is 2.21. The molecule has 5 heteroatoms. The molecule has 2 heterocycles. The highest BCUT2D eigenvalue weighted by molar-refractivity contribution is 5.34. The maximum atomic E-state index is 9.87. The summed E-state index contributed by atoms with van der Waals surface area (Å²) in [6.07, 6.45) is 0.640. The van der Waals surface area contributed by atoms with Gasteiger partial charge in [0.25, 0.3) is 0 Å². The molecule has 5 nitrogen and oxygen atoms in total. The van der Waals surface area contributed by atoms with Crippen molar-refractivity contribution in [3.05, 3.63) is 23.9 Å². The standard InChI is InChI=1S/C14H24N4O/c1-15-14-6-4-5-11(16-14)8-18-10-13(19)7-12(18)9-17(2)3/h4-6,12-13,19H,7-10H2,1-3H3,(H,15,16).